The number of rotatable bonds is 10. The van der Waals surface area contributed by atoms with Crippen LogP contribution in [0.15, 0.2) is 58.7 Å². The van der Waals surface area contributed by atoms with Crippen molar-refractivity contribution >= 4 is 36.2 Å². The lowest BCUT2D eigenvalue weighted by molar-refractivity contribution is -0.130. The second-order valence-corrected chi connectivity index (χ2v) is 6.31. The van der Waals surface area contributed by atoms with Gasteiger partial charge in [-0.1, -0.05) is 24.3 Å². The summed E-state index contributed by atoms with van der Waals surface area (Å²) >= 11 is 0. The summed E-state index contributed by atoms with van der Waals surface area (Å²) in [7, 11) is 2.59. The normalized spacial score (nSPS) is 10.7. The van der Waals surface area contributed by atoms with Gasteiger partial charge in [-0.25, -0.2) is 20.4 Å². The smallest absolute Gasteiger partial charge is 0.337 e. The highest BCUT2D eigenvalue weighted by Gasteiger charge is 2.06. The van der Waals surface area contributed by atoms with E-state index in [1.54, 1.807) is 48.5 Å². The number of amides is 2. The first-order valence-corrected chi connectivity index (χ1v) is 9.51. The molecular weight excluding hydrogens is 432 g/mol. The van der Waals surface area contributed by atoms with E-state index < -0.39 is 23.8 Å². The molecule has 0 bridgehead atoms. The molecule has 0 spiro atoms. The molecule has 2 aromatic rings. The maximum Gasteiger partial charge on any atom is 0.337 e. The molecule has 11 heteroatoms. The van der Waals surface area contributed by atoms with Gasteiger partial charge in [0.1, 0.15) is 13.2 Å². The second kappa shape index (κ2) is 13.1. The van der Waals surface area contributed by atoms with Gasteiger partial charge in [0.25, 0.3) is 11.8 Å². The van der Waals surface area contributed by atoms with Crippen molar-refractivity contribution in [3.8, 4) is 0 Å². The van der Waals surface area contributed by atoms with E-state index in [0.717, 1.165) is 0 Å². The minimum absolute atomic E-state index is 0.384. The van der Waals surface area contributed by atoms with Crippen molar-refractivity contribution in [3.05, 3.63) is 70.8 Å². The van der Waals surface area contributed by atoms with Crippen LogP contribution in [0.4, 0.5) is 0 Å². The number of methoxy groups -OCH3 is 2. The molecule has 172 valence electrons. The number of nitrogens with zero attached hydrogens (tertiary/aromatic N) is 2. The fourth-order valence-electron chi connectivity index (χ4n) is 2.30. The first-order valence-electron chi connectivity index (χ1n) is 9.51. The molecule has 0 saturated heterocycles. The molecule has 0 aliphatic carbocycles. The van der Waals surface area contributed by atoms with Crippen molar-refractivity contribution in [2.45, 2.75) is 0 Å². The van der Waals surface area contributed by atoms with Crippen LogP contribution < -0.4 is 10.9 Å². The maximum atomic E-state index is 11.7. The molecule has 0 heterocycles. The van der Waals surface area contributed by atoms with Gasteiger partial charge >= 0.3 is 11.9 Å². The zero-order chi connectivity index (χ0) is 24.1. The van der Waals surface area contributed by atoms with Crippen molar-refractivity contribution in [2.75, 3.05) is 27.4 Å². The summed E-state index contributed by atoms with van der Waals surface area (Å²) in [4.78, 5) is 46.1. The number of nitrogens with one attached hydrogen (secondary N) is 2. The summed E-state index contributed by atoms with van der Waals surface area (Å²) in [6.45, 7) is -0.768. The lowest BCUT2D eigenvalue weighted by Crippen LogP contribution is -2.28. The number of hydrogen-bond acceptors (Lipinski definition) is 9. The van der Waals surface area contributed by atoms with Crippen LogP contribution in [0, 0.1) is 0 Å². The van der Waals surface area contributed by atoms with Crippen LogP contribution in [0.2, 0.25) is 0 Å². The molecule has 0 fully saturated rings. The van der Waals surface area contributed by atoms with Gasteiger partial charge in [0.05, 0.1) is 37.8 Å². The average Bonchev–Trinajstić information content (AvgIpc) is 2.84. The third-order valence-electron chi connectivity index (χ3n) is 3.94. The summed E-state index contributed by atoms with van der Waals surface area (Å²) in [5.74, 6) is -2.01. The molecule has 33 heavy (non-hydrogen) atoms. The van der Waals surface area contributed by atoms with Crippen LogP contribution in [-0.4, -0.2) is 63.6 Å². The molecule has 0 aromatic heterocycles. The Bertz CT molecular complexity index is 948. The van der Waals surface area contributed by atoms with E-state index in [4.69, 9.17) is 4.74 Å². The number of hydrazone groups is 2. The van der Waals surface area contributed by atoms with Crippen LogP contribution >= 0.6 is 0 Å². The van der Waals surface area contributed by atoms with Crippen LogP contribution in [0.5, 0.6) is 0 Å². The fraction of sp³-hybridized carbons (Fsp3) is 0.182. The van der Waals surface area contributed by atoms with Crippen molar-refractivity contribution in [2.24, 2.45) is 10.2 Å². The molecule has 0 atom stereocenters. The van der Waals surface area contributed by atoms with E-state index in [-0.39, 0.29) is 13.2 Å². The lowest BCUT2D eigenvalue weighted by Gasteiger charge is -2.03. The Labute approximate surface area is 189 Å². The van der Waals surface area contributed by atoms with E-state index >= 15 is 0 Å². The van der Waals surface area contributed by atoms with Gasteiger partial charge in [-0.15, -0.1) is 0 Å². The molecule has 0 saturated carbocycles. The Hall–Kier alpha value is -4.38. The van der Waals surface area contributed by atoms with E-state index in [9.17, 15) is 19.2 Å². The van der Waals surface area contributed by atoms with E-state index in [1.807, 2.05) is 0 Å². The zero-order valence-corrected chi connectivity index (χ0v) is 17.9. The van der Waals surface area contributed by atoms with Crippen LogP contribution in [0.25, 0.3) is 0 Å². The number of hydrogen-bond donors (Lipinski definition) is 2. The average molecular weight is 454 g/mol. The SMILES string of the molecule is COC(=O)c1ccc(/C=N/NC(=O)COCC(=O)N/N=C/c2ccc(C(=O)OC)cc2)cc1. The molecule has 0 aliphatic heterocycles. The molecule has 0 radical (unpaired) electrons. The summed E-state index contributed by atoms with van der Waals surface area (Å²) < 4.78 is 14.2. The van der Waals surface area contributed by atoms with Gasteiger partial charge in [-0.2, -0.15) is 10.2 Å². The van der Waals surface area contributed by atoms with Gasteiger partial charge in [-0.3, -0.25) is 9.59 Å². The van der Waals surface area contributed by atoms with Gasteiger partial charge in [0.2, 0.25) is 0 Å². The van der Waals surface area contributed by atoms with Gasteiger partial charge < -0.3 is 14.2 Å². The second-order valence-electron chi connectivity index (χ2n) is 6.31. The van der Waals surface area contributed by atoms with Gasteiger partial charge in [-0.05, 0) is 35.4 Å². The van der Waals surface area contributed by atoms with E-state index in [0.29, 0.717) is 22.3 Å². The predicted octanol–water partition coefficient (Wildman–Crippen LogP) is 0.877. The first kappa shape index (κ1) is 24.9. The van der Waals surface area contributed by atoms with Crippen molar-refractivity contribution in [1.82, 2.24) is 10.9 Å². The minimum Gasteiger partial charge on any atom is -0.465 e. The number of carbonyl (C=O) groups is 4. The lowest BCUT2D eigenvalue weighted by atomic mass is 10.1. The predicted molar refractivity (Wildman–Crippen MR) is 118 cm³/mol. The molecule has 2 rings (SSSR count). The maximum absolute atomic E-state index is 11.7. The fourth-order valence-corrected chi connectivity index (χ4v) is 2.30. The Morgan fingerprint density at radius 3 is 1.39 bits per heavy atom. The van der Waals surface area contributed by atoms with E-state index in [2.05, 4.69) is 30.5 Å². The highest BCUT2D eigenvalue weighted by Crippen LogP contribution is 2.04. The third kappa shape index (κ3) is 8.71. The van der Waals surface area contributed by atoms with E-state index in [1.165, 1.54) is 26.6 Å². The van der Waals surface area contributed by atoms with Gasteiger partial charge in [0.15, 0.2) is 0 Å². The van der Waals surface area contributed by atoms with Gasteiger partial charge in [0, 0.05) is 0 Å². The molecule has 11 nitrogen and oxygen atoms in total. The quantitative estimate of drug-likeness (QED) is 0.308. The summed E-state index contributed by atoms with van der Waals surface area (Å²) in [6.07, 6.45) is 2.77. The van der Waals surface area contributed by atoms with Crippen LogP contribution in [-0.2, 0) is 23.8 Å². The Balaban J connectivity index is 1.65. The van der Waals surface area contributed by atoms with Crippen molar-refractivity contribution in [1.29, 1.82) is 0 Å². The Morgan fingerprint density at radius 2 is 1.06 bits per heavy atom. The molecule has 2 amide bonds. The van der Waals surface area contributed by atoms with Crippen LogP contribution in [0.1, 0.15) is 31.8 Å². The summed E-state index contributed by atoms with van der Waals surface area (Å²) in [5.41, 5.74) is 6.61. The summed E-state index contributed by atoms with van der Waals surface area (Å²) in [6, 6.07) is 12.8. The summed E-state index contributed by atoms with van der Waals surface area (Å²) in [5, 5.41) is 7.53. The first-order chi connectivity index (χ1) is 15.9. The Morgan fingerprint density at radius 1 is 0.697 bits per heavy atom. The molecule has 0 aliphatic rings. The highest BCUT2D eigenvalue weighted by molar-refractivity contribution is 5.91. The minimum atomic E-state index is -0.556. The number of esters is 2. The largest absolute Gasteiger partial charge is 0.465 e. The molecule has 0 unspecified atom stereocenters. The molecule has 2 aromatic carbocycles. The zero-order valence-electron chi connectivity index (χ0n) is 17.9. The standard InChI is InChI=1S/C22H22N4O7/c1-31-21(29)17-7-3-15(4-8-17)11-23-25-19(27)13-33-14-20(28)26-24-12-16-5-9-18(10-6-16)22(30)32-2/h3-12H,13-14H2,1-2H3,(H,25,27)(H,26,28)/b23-11+,24-12+. The monoisotopic (exact) mass is 454 g/mol. The number of carbonyl (C=O) groups excluding carboxylic acids is 4. The molecular formula is C22H22N4O7. The number of ether oxygens (including phenoxy) is 3. The topological polar surface area (TPSA) is 145 Å². The molecule has 2 N–H and O–H groups in total. The highest BCUT2D eigenvalue weighted by atomic mass is 16.5. The van der Waals surface area contributed by atoms with Crippen LogP contribution in [0.3, 0.4) is 0 Å². The Kier molecular flexibility index (Phi) is 9.90. The van der Waals surface area contributed by atoms with Crippen molar-refractivity contribution < 1.29 is 33.4 Å². The number of benzene rings is 2. The third-order valence-corrected chi connectivity index (χ3v) is 3.94. The van der Waals surface area contributed by atoms with Crippen molar-refractivity contribution in [3.63, 3.8) is 0 Å².